The summed E-state index contributed by atoms with van der Waals surface area (Å²) in [7, 11) is 0. The monoisotopic (exact) mass is 394 g/mol. The molecule has 142 valence electrons. The largest absolute Gasteiger partial charge is 0.416 e. The third kappa shape index (κ3) is 4.90. The van der Waals surface area contributed by atoms with Gasteiger partial charge in [-0.1, -0.05) is 47.6 Å². The van der Waals surface area contributed by atoms with Crippen LogP contribution < -0.4 is 0 Å². The molecule has 3 rings (SSSR count). The number of hydrogen-bond acceptors (Lipinski definition) is 5. The summed E-state index contributed by atoms with van der Waals surface area (Å²) >= 11 is 1.42. The van der Waals surface area contributed by atoms with E-state index in [9.17, 15) is 18.3 Å². The van der Waals surface area contributed by atoms with E-state index in [1.54, 1.807) is 0 Å². The first-order valence-corrected chi connectivity index (χ1v) is 9.25. The molecule has 0 aliphatic heterocycles. The molecule has 0 saturated carbocycles. The van der Waals surface area contributed by atoms with Crippen molar-refractivity contribution in [1.82, 2.24) is 10.1 Å². The molecule has 0 aliphatic carbocycles. The summed E-state index contributed by atoms with van der Waals surface area (Å²) in [5.74, 6) is 0.826. The maximum atomic E-state index is 12.8. The number of nitrogens with zero attached hydrogens (tertiary/aromatic N) is 2. The van der Waals surface area contributed by atoms with Crippen molar-refractivity contribution in [2.24, 2.45) is 0 Å². The second-order valence-electron chi connectivity index (χ2n) is 5.94. The number of halogens is 3. The van der Waals surface area contributed by atoms with Gasteiger partial charge in [0.1, 0.15) is 0 Å². The maximum Gasteiger partial charge on any atom is 0.416 e. The van der Waals surface area contributed by atoms with Crippen LogP contribution in [0.4, 0.5) is 13.2 Å². The minimum absolute atomic E-state index is 0.104. The number of alkyl halides is 3. The van der Waals surface area contributed by atoms with E-state index in [4.69, 9.17) is 4.52 Å². The highest BCUT2D eigenvalue weighted by atomic mass is 32.2. The molecule has 3 aromatic rings. The number of aliphatic hydroxyl groups is 1. The average molecular weight is 394 g/mol. The minimum Gasteiger partial charge on any atom is -0.388 e. The van der Waals surface area contributed by atoms with Gasteiger partial charge in [0.25, 0.3) is 0 Å². The quantitative estimate of drug-likeness (QED) is 0.616. The van der Waals surface area contributed by atoms with E-state index in [0.717, 1.165) is 17.7 Å². The molecule has 0 amide bonds. The lowest BCUT2D eigenvalue weighted by molar-refractivity contribution is -0.137. The Balaban J connectivity index is 1.67. The van der Waals surface area contributed by atoms with Gasteiger partial charge in [0, 0.05) is 11.3 Å². The third-order valence-electron chi connectivity index (χ3n) is 3.93. The van der Waals surface area contributed by atoms with E-state index in [1.807, 2.05) is 37.3 Å². The van der Waals surface area contributed by atoms with Crippen LogP contribution in [0.1, 0.15) is 35.3 Å². The zero-order valence-corrected chi connectivity index (χ0v) is 15.2. The van der Waals surface area contributed by atoms with Crippen molar-refractivity contribution in [3.8, 4) is 11.4 Å². The zero-order chi connectivity index (χ0) is 19.4. The van der Waals surface area contributed by atoms with Crippen LogP contribution in [-0.2, 0) is 6.18 Å². The lowest BCUT2D eigenvalue weighted by Gasteiger charge is -2.12. The van der Waals surface area contributed by atoms with Crippen LogP contribution in [0.5, 0.6) is 0 Å². The van der Waals surface area contributed by atoms with Crippen molar-refractivity contribution in [1.29, 1.82) is 0 Å². The number of rotatable bonds is 6. The van der Waals surface area contributed by atoms with Gasteiger partial charge < -0.3 is 9.63 Å². The molecule has 2 aromatic carbocycles. The Morgan fingerprint density at radius 1 is 1.11 bits per heavy atom. The Kier molecular flexibility index (Phi) is 5.86. The van der Waals surface area contributed by atoms with Crippen LogP contribution in [0.2, 0.25) is 0 Å². The summed E-state index contributed by atoms with van der Waals surface area (Å²) in [5.41, 5.74) is 0.286. The average Bonchev–Trinajstić information content (AvgIpc) is 3.16. The van der Waals surface area contributed by atoms with Crippen molar-refractivity contribution in [2.75, 3.05) is 5.75 Å². The zero-order valence-electron chi connectivity index (χ0n) is 14.3. The third-order valence-corrected chi connectivity index (χ3v) is 5.14. The second-order valence-corrected chi connectivity index (χ2v) is 7.31. The minimum atomic E-state index is -4.43. The van der Waals surface area contributed by atoms with Crippen molar-refractivity contribution in [2.45, 2.75) is 24.5 Å². The molecule has 0 aliphatic rings. The molecular weight excluding hydrogens is 377 g/mol. The lowest BCUT2D eigenvalue weighted by Crippen LogP contribution is -2.04. The molecule has 2 atom stereocenters. The summed E-state index contributed by atoms with van der Waals surface area (Å²) in [5, 5.41) is 13.8. The van der Waals surface area contributed by atoms with Crippen LogP contribution in [0, 0.1) is 0 Å². The van der Waals surface area contributed by atoms with Gasteiger partial charge in [-0.2, -0.15) is 18.2 Å². The van der Waals surface area contributed by atoms with Gasteiger partial charge in [-0.25, -0.2) is 0 Å². The van der Waals surface area contributed by atoms with E-state index in [2.05, 4.69) is 10.1 Å². The maximum absolute atomic E-state index is 12.8. The number of benzene rings is 2. The normalized spacial score (nSPS) is 14.1. The molecule has 2 unspecified atom stereocenters. The summed E-state index contributed by atoms with van der Waals surface area (Å²) in [6.45, 7) is 1.84. The molecule has 1 aromatic heterocycles. The molecular formula is C19H17F3N2O2S. The Morgan fingerprint density at radius 3 is 2.56 bits per heavy atom. The van der Waals surface area contributed by atoms with E-state index >= 15 is 0 Å². The number of hydrogen-bond donors (Lipinski definition) is 1. The van der Waals surface area contributed by atoms with Crippen LogP contribution in [0.25, 0.3) is 11.4 Å². The molecule has 1 heterocycles. The van der Waals surface area contributed by atoms with Crippen molar-refractivity contribution in [3.63, 3.8) is 0 Å². The van der Waals surface area contributed by atoms with Gasteiger partial charge in [-0.05, 0) is 24.6 Å². The highest BCUT2D eigenvalue weighted by Crippen LogP contribution is 2.34. The smallest absolute Gasteiger partial charge is 0.388 e. The number of thioether (sulfide) groups is 1. The molecule has 8 heteroatoms. The highest BCUT2D eigenvalue weighted by Gasteiger charge is 2.31. The fraction of sp³-hybridized carbons (Fsp3) is 0.263. The van der Waals surface area contributed by atoms with Crippen LogP contribution >= 0.6 is 11.8 Å². The molecule has 1 N–H and O–H groups in total. The van der Waals surface area contributed by atoms with E-state index in [-0.39, 0.29) is 16.6 Å². The standard InChI is InChI=1S/C19H17F3N2O2S/c1-12(27-11-16(25)13-6-3-2-4-7-13)18-23-17(24-26-18)14-8-5-9-15(10-14)19(20,21)22/h2-10,12,16,25H,11H2,1H3. The van der Waals surface area contributed by atoms with Gasteiger partial charge in [0.2, 0.25) is 11.7 Å². The predicted molar refractivity (Wildman–Crippen MR) is 97.0 cm³/mol. The molecule has 0 spiro atoms. The van der Waals surface area contributed by atoms with Gasteiger partial charge in [-0.15, -0.1) is 11.8 Å². The molecule has 0 radical (unpaired) electrons. The van der Waals surface area contributed by atoms with E-state index in [0.29, 0.717) is 11.6 Å². The lowest BCUT2D eigenvalue weighted by atomic mass is 10.1. The Bertz CT molecular complexity index is 884. The Morgan fingerprint density at radius 2 is 1.85 bits per heavy atom. The second kappa shape index (κ2) is 8.14. The summed E-state index contributed by atoms with van der Waals surface area (Å²) in [6, 6.07) is 14.1. The molecule has 0 saturated heterocycles. The van der Waals surface area contributed by atoms with Crippen molar-refractivity contribution in [3.05, 3.63) is 71.6 Å². The van der Waals surface area contributed by atoms with E-state index in [1.165, 1.54) is 23.9 Å². The summed E-state index contributed by atoms with van der Waals surface area (Å²) in [6.07, 6.45) is -5.07. The first-order chi connectivity index (χ1) is 12.8. The van der Waals surface area contributed by atoms with Crippen LogP contribution in [0.3, 0.4) is 0 Å². The van der Waals surface area contributed by atoms with Crippen LogP contribution in [-0.4, -0.2) is 21.0 Å². The van der Waals surface area contributed by atoms with Crippen LogP contribution in [0.15, 0.2) is 59.1 Å². The van der Waals surface area contributed by atoms with Crippen molar-refractivity contribution >= 4 is 11.8 Å². The molecule has 0 fully saturated rings. The Labute approximate surface area is 158 Å². The molecule has 4 nitrogen and oxygen atoms in total. The van der Waals surface area contributed by atoms with Gasteiger partial charge in [0.05, 0.1) is 16.9 Å². The summed E-state index contributed by atoms with van der Waals surface area (Å²) < 4.78 is 43.7. The van der Waals surface area contributed by atoms with Gasteiger partial charge in [-0.3, -0.25) is 0 Å². The van der Waals surface area contributed by atoms with Crippen molar-refractivity contribution < 1.29 is 22.8 Å². The topological polar surface area (TPSA) is 59.2 Å². The number of aliphatic hydroxyl groups excluding tert-OH is 1. The Hall–Kier alpha value is -2.32. The van der Waals surface area contributed by atoms with Gasteiger partial charge >= 0.3 is 6.18 Å². The SMILES string of the molecule is CC(SCC(O)c1ccccc1)c1nc(-c2cccc(C(F)(F)F)c2)no1. The first kappa shape index (κ1) is 19.4. The van der Waals surface area contributed by atoms with Gasteiger partial charge in [0.15, 0.2) is 0 Å². The molecule has 0 bridgehead atoms. The fourth-order valence-corrected chi connectivity index (χ4v) is 3.33. The van der Waals surface area contributed by atoms with E-state index < -0.39 is 17.8 Å². The molecule has 27 heavy (non-hydrogen) atoms. The predicted octanol–water partition coefficient (Wildman–Crippen LogP) is 5.28. The highest BCUT2D eigenvalue weighted by molar-refractivity contribution is 7.99. The fourth-order valence-electron chi connectivity index (χ4n) is 2.43. The summed E-state index contributed by atoms with van der Waals surface area (Å²) in [4.78, 5) is 4.21. The first-order valence-electron chi connectivity index (χ1n) is 8.20. The number of aromatic nitrogens is 2.